The van der Waals surface area contributed by atoms with E-state index >= 15 is 0 Å². The van der Waals surface area contributed by atoms with Crippen molar-refractivity contribution in [2.45, 2.75) is 78.8 Å². The Kier molecular flexibility index (Phi) is 8.01. The van der Waals surface area contributed by atoms with Crippen molar-refractivity contribution in [1.82, 2.24) is 10.2 Å². The van der Waals surface area contributed by atoms with Crippen molar-refractivity contribution in [2.24, 2.45) is 11.8 Å². The zero-order valence-electron chi connectivity index (χ0n) is 13.9. The molecule has 0 amide bonds. The molecular formula is C17H36N2. The SMILES string of the molecule is CCCNC1CCC(C(C)C)CC1N(CC)CCC. The van der Waals surface area contributed by atoms with E-state index in [9.17, 15) is 0 Å². The molecule has 1 saturated carbocycles. The third-order valence-electron chi connectivity index (χ3n) is 4.84. The number of hydrogen-bond donors (Lipinski definition) is 1. The summed E-state index contributed by atoms with van der Waals surface area (Å²) >= 11 is 0. The van der Waals surface area contributed by atoms with Gasteiger partial charge in [0.2, 0.25) is 0 Å². The van der Waals surface area contributed by atoms with Gasteiger partial charge < -0.3 is 5.32 Å². The lowest BCUT2D eigenvalue weighted by atomic mass is 9.76. The Morgan fingerprint density at radius 1 is 1.11 bits per heavy atom. The third kappa shape index (κ3) is 5.07. The second-order valence-corrected chi connectivity index (χ2v) is 6.57. The highest BCUT2D eigenvalue weighted by atomic mass is 15.2. The normalized spacial score (nSPS) is 28.3. The monoisotopic (exact) mass is 268 g/mol. The van der Waals surface area contributed by atoms with Crippen molar-refractivity contribution in [3.63, 3.8) is 0 Å². The second-order valence-electron chi connectivity index (χ2n) is 6.57. The Bertz CT molecular complexity index is 227. The third-order valence-corrected chi connectivity index (χ3v) is 4.84. The van der Waals surface area contributed by atoms with Crippen LogP contribution >= 0.6 is 0 Å². The summed E-state index contributed by atoms with van der Waals surface area (Å²) in [5.41, 5.74) is 0. The smallest absolute Gasteiger partial charge is 0.0251 e. The van der Waals surface area contributed by atoms with Gasteiger partial charge in [-0.3, -0.25) is 4.90 Å². The van der Waals surface area contributed by atoms with Gasteiger partial charge >= 0.3 is 0 Å². The minimum atomic E-state index is 0.724. The molecule has 1 N–H and O–H groups in total. The average molecular weight is 268 g/mol. The number of nitrogens with zero attached hydrogens (tertiary/aromatic N) is 1. The summed E-state index contributed by atoms with van der Waals surface area (Å²) in [6, 6.07) is 1.49. The van der Waals surface area contributed by atoms with Crippen LogP contribution in [0.15, 0.2) is 0 Å². The molecule has 0 bridgehead atoms. The van der Waals surface area contributed by atoms with Crippen molar-refractivity contribution in [2.75, 3.05) is 19.6 Å². The highest BCUT2D eigenvalue weighted by molar-refractivity contribution is 4.91. The Balaban J connectivity index is 2.68. The van der Waals surface area contributed by atoms with E-state index in [-0.39, 0.29) is 0 Å². The molecule has 2 nitrogen and oxygen atoms in total. The van der Waals surface area contributed by atoms with Crippen LogP contribution in [0.25, 0.3) is 0 Å². The van der Waals surface area contributed by atoms with Gasteiger partial charge in [-0.05, 0) is 63.6 Å². The summed E-state index contributed by atoms with van der Waals surface area (Å²) in [5, 5.41) is 3.81. The van der Waals surface area contributed by atoms with Crippen LogP contribution in [0.3, 0.4) is 0 Å². The lowest BCUT2D eigenvalue weighted by Gasteiger charge is -2.44. The molecule has 3 unspecified atom stereocenters. The lowest BCUT2D eigenvalue weighted by molar-refractivity contribution is 0.0867. The standard InChI is InChI=1S/C17H36N2/c1-6-11-18-16-10-9-15(14(4)5)13-17(16)19(8-3)12-7-2/h14-18H,6-13H2,1-5H3. The van der Waals surface area contributed by atoms with Gasteiger partial charge in [-0.25, -0.2) is 0 Å². The highest BCUT2D eigenvalue weighted by Crippen LogP contribution is 2.32. The molecule has 0 radical (unpaired) electrons. The molecule has 1 aliphatic rings. The van der Waals surface area contributed by atoms with Crippen molar-refractivity contribution < 1.29 is 0 Å². The van der Waals surface area contributed by atoms with Gasteiger partial charge in [0.15, 0.2) is 0 Å². The maximum absolute atomic E-state index is 3.81. The Morgan fingerprint density at radius 3 is 2.37 bits per heavy atom. The van der Waals surface area contributed by atoms with Gasteiger partial charge in [0, 0.05) is 12.1 Å². The molecule has 1 rings (SSSR count). The molecule has 0 heterocycles. The molecule has 0 saturated heterocycles. The van der Waals surface area contributed by atoms with E-state index in [0.29, 0.717) is 0 Å². The Hall–Kier alpha value is -0.0800. The van der Waals surface area contributed by atoms with Crippen molar-refractivity contribution in [3.05, 3.63) is 0 Å². The molecule has 0 aromatic carbocycles. The van der Waals surface area contributed by atoms with E-state index in [1.54, 1.807) is 0 Å². The first kappa shape index (κ1) is 17.0. The molecule has 0 aromatic heterocycles. The first-order valence-electron chi connectivity index (χ1n) is 8.61. The summed E-state index contributed by atoms with van der Waals surface area (Å²) < 4.78 is 0. The van der Waals surface area contributed by atoms with Crippen LogP contribution in [-0.4, -0.2) is 36.6 Å². The molecule has 1 fully saturated rings. The average Bonchev–Trinajstić information content (AvgIpc) is 2.42. The Labute approximate surface area is 121 Å². The zero-order chi connectivity index (χ0) is 14.3. The predicted octanol–water partition coefficient (Wildman–Crippen LogP) is 3.91. The summed E-state index contributed by atoms with van der Waals surface area (Å²) in [4.78, 5) is 2.72. The van der Waals surface area contributed by atoms with E-state index in [4.69, 9.17) is 0 Å². The lowest BCUT2D eigenvalue weighted by Crippen LogP contribution is -2.54. The first-order valence-corrected chi connectivity index (χ1v) is 8.61. The molecule has 3 atom stereocenters. The van der Waals surface area contributed by atoms with Crippen molar-refractivity contribution in [3.8, 4) is 0 Å². The molecule has 19 heavy (non-hydrogen) atoms. The molecule has 0 aromatic rings. The van der Waals surface area contributed by atoms with Crippen LogP contribution in [-0.2, 0) is 0 Å². The number of likely N-dealkylation sites (N-methyl/N-ethyl adjacent to an activating group) is 1. The summed E-state index contributed by atoms with van der Waals surface area (Å²) in [7, 11) is 0. The number of nitrogens with one attached hydrogen (secondary N) is 1. The van der Waals surface area contributed by atoms with Crippen LogP contribution in [0.1, 0.15) is 66.7 Å². The van der Waals surface area contributed by atoms with Gasteiger partial charge in [0.25, 0.3) is 0 Å². The largest absolute Gasteiger partial charge is 0.312 e. The van der Waals surface area contributed by atoms with E-state index in [2.05, 4.69) is 44.8 Å². The maximum atomic E-state index is 3.81. The van der Waals surface area contributed by atoms with Crippen LogP contribution in [0.2, 0.25) is 0 Å². The molecule has 0 spiro atoms. The van der Waals surface area contributed by atoms with Crippen LogP contribution in [0, 0.1) is 11.8 Å². The summed E-state index contributed by atoms with van der Waals surface area (Å²) in [6.45, 7) is 15.3. The number of rotatable bonds is 8. The first-order chi connectivity index (χ1) is 9.13. The van der Waals surface area contributed by atoms with Crippen LogP contribution < -0.4 is 5.32 Å². The molecule has 0 aliphatic heterocycles. The predicted molar refractivity (Wildman–Crippen MR) is 85.6 cm³/mol. The van der Waals surface area contributed by atoms with Gasteiger partial charge in [-0.1, -0.05) is 34.6 Å². The molecule has 114 valence electrons. The molecular weight excluding hydrogens is 232 g/mol. The van der Waals surface area contributed by atoms with Crippen molar-refractivity contribution >= 4 is 0 Å². The molecule has 1 aliphatic carbocycles. The summed E-state index contributed by atoms with van der Waals surface area (Å²) in [5.74, 6) is 1.77. The molecule has 2 heteroatoms. The van der Waals surface area contributed by atoms with E-state index < -0.39 is 0 Å². The number of hydrogen-bond acceptors (Lipinski definition) is 2. The quantitative estimate of drug-likeness (QED) is 0.718. The minimum Gasteiger partial charge on any atom is -0.312 e. The van der Waals surface area contributed by atoms with Gasteiger partial charge in [-0.15, -0.1) is 0 Å². The fourth-order valence-corrected chi connectivity index (χ4v) is 3.60. The van der Waals surface area contributed by atoms with Gasteiger partial charge in [-0.2, -0.15) is 0 Å². The van der Waals surface area contributed by atoms with E-state index in [1.165, 1.54) is 51.7 Å². The minimum absolute atomic E-state index is 0.724. The topological polar surface area (TPSA) is 15.3 Å². The van der Waals surface area contributed by atoms with Crippen LogP contribution in [0.5, 0.6) is 0 Å². The van der Waals surface area contributed by atoms with Gasteiger partial charge in [0.05, 0.1) is 0 Å². The maximum Gasteiger partial charge on any atom is 0.0251 e. The van der Waals surface area contributed by atoms with E-state index in [1.807, 2.05) is 0 Å². The fraction of sp³-hybridized carbons (Fsp3) is 1.00. The van der Waals surface area contributed by atoms with Crippen LogP contribution in [0.4, 0.5) is 0 Å². The highest BCUT2D eigenvalue weighted by Gasteiger charge is 2.34. The Morgan fingerprint density at radius 2 is 1.84 bits per heavy atom. The second kappa shape index (κ2) is 8.97. The zero-order valence-corrected chi connectivity index (χ0v) is 13.9. The van der Waals surface area contributed by atoms with E-state index in [0.717, 1.165) is 23.9 Å². The fourth-order valence-electron chi connectivity index (χ4n) is 3.60. The van der Waals surface area contributed by atoms with Gasteiger partial charge in [0.1, 0.15) is 0 Å². The summed E-state index contributed by atoms with van der Waals surface area (Å²) in [6.07, 6.45) is 6.70. The van der Waals surface area contributed by atoms with Crippen molar-refractivity contribution in [1.29, 1.82) is 0 Å².